The summed E-state index contributed by atoms with van der Waals surface area (Å²) < 4.78 is 26.4. The van der Waals surface area contributed by atoms with Crippen molar-refractivity contribution in [1.29, 1.82) is 0 Å². The first-order valence-corrected chi connectivity index (χ1v) is 13.1. The predicted molar refractivity (Wildman–Crippen MR) is 143 cm³/mol. The van der Waals surface area contributed by atoms with Crippen LogP contribution in [0.2, 0.25) is 0 Å². The van der Waals surface area contributed by atoms with Crippen molar-refractivity contribution in [2.75, 3.05) is 19.5 Å². The van der Waals surface area contributed by atoms with E-state index < -0.39 is 17.3 Å². The third-order valence-corrected chi connectivity index (χ3v) is 8.15. The summed E-state index contributed by atoms with van der Waals surface area (Å²) in [6.45, 7) is 16.0. The van der Waals surface area contributed by atoms with Crippen molar-refractivity contribution in [3.05, 3.63) is 52.3 Å². The number of aromatic nitrogens is 2. The van der Waals surface area contributed by atoms with Gasteiger partial charge in [0, 0.05) is 26.0 Å². The van der Waals surface area contributed by atoms with Crippen LogP contribution in [0.4, 0.5) is 10.1 Å². The van der Waals surface area contributed by atoms with Gasteiger partial charge in [-0.15, -0.1) is 0 Å². The van der Waals surface area contributed by atoms with Crippen LogP contribution < -0.4 is 5.32 Å². The molecule has 5 atom stereocenters. The Morgan fingerprint density at radius 1 is 1.11 bits per heavy atom. The number of pyridine rings is 2. The predicted octanol–water partition coefficient (Wildman–Crippen LogP) is 6.85. The first-order chi connectivity index (χ1) is 16.7. The van der Waals surface area contributed by atoms with Gasteiger partial charge in [-0.25, -0.2) is 9.37 Å². The third-order valence-electron chi connectivity index (χ3n) is 7.59. The van der Waals surface area contributed by atoms with E-state index in [0.717, 1.165) is 5.56 Å². The van der Waals surface area contributed by atoms with E-state index in [1.54, 1.807) is 26.6 Å². The summed E-state index contributed by atoms with van der Waals surface area (Å²) in [5.74, 6) is -0.141. The number of nitrogens with zero attached hydrogens (tertiary/aromatic N) is 2. The Labute approximate surface area is 222 Å². The molecule has 6 nitrogen and oxygen atoms in total. The average Bonchev–Trinajstić information content (AvgIpc) is 2.78. The van der Waals surface area contributed by atoms with Crippen molar-refractivity contribution in [3.63, 3.8) is 0 Å². The molecule has 0 aliphatic heterocycles. The Balaban J connectivity index is 2.13. The van der Waals surface area contributed by atoms with Gasteiger partial charge in [0.1, 0.15) is 15.9 Å². The number of anilines is 1. The zero-order chi connectivity index (χ0) is 27.1. The number of hydrogen-bond acceptors (Lipinski definition) is 5. The van der Waals surface area contributed by atoms with Gasteiger partial charge in [0.05, 0.1) is 18.0 Å². The molecule has 8 heteroatoms. The summed E-state index contributed by atoms with van der Waals surface area (Å²) in [6, 6.07) is 4.45. The summed E-state index contributed by atoms with van der Waals surface area (Å²) in [7, 11) is 3.45. The van der Waals surface area contributed by atoms with Gasteiger partial charge in [-0.2, -0.15) is 0 Å². The second kappa shape index (κ2) is 10.5. The van der Waals surface area contributed by atoms with Crippen molar-refractivity contribution < 1.29 is 18.7 Å². The summed E-state index contributed by atoms with van der Waals surface area (Å²) in [5.41, 5.74) is 0.571. The van der Waals surface area contributed by atoms with E-state index in [1.807, 2.05) is 6.07 Å². The minimum atomic E-state index is -0.823. The van der Waals surface area contributed by atoms with Gasteiger partial charge in [-0.05, 0) is 69.1 Å². The van der Waals surface area contributed by atoms with Gasteiger partial charge < -0.3 is 14.8 Å². The lowest BCUT2D eigenvalue weighted by molar-refractivity contribution is -0.224. The molecule has 3 rings (SSSR count). The largest absolute Gasteiger partial charge is 0.378 e. The minimum absolute atomic E-state index is 0.0169. The average molecular weight is 565 g/mol. The standard InChI is InChI=1S/C28H39BrFN3O3/c1-16-14-28(36-9,23(35-8)22(27(5,6)7)21(16)26(2,3)4)17-12-13-31-15-20(17)33-25(34)19-11-10-18(30)24(29)32-19/h10-13,15-16,21-23H,14H2,1-9H3,(H,33,34)/t16-,21+,22+,23?,28-/m1/s1. The monoisotopic (exact) mass is 563 g/mol. The Morgan fingerprint density at radius 3 is 2.28 bits per heavy atom. The summed E-state index contributed by atoms with van der Waals surface area (Å²) in [4.78, 5) is 21.4. The number of hydrogen-bond donors (Lipinski definition) is 1. The maximum Gasteiger partial charge on any atom is 0.274 e. The molecule has 0 spiro atoms. The van der Waals surface area contributed by atoms with Crippen LogP contribution >= 0.6 is 15.9 Å². The van der Waals surface area contributed by atoms with Gasteiger partial charge in [-0.1, -0.05) is 48.5 Å². The molecule has 1 saturated carbocycles. The van der Waals surface area contributed by atoms with Crippen LogP contribution in [0, 0.1) is 34.4 Å². The molecule has 2 aromatic heterocycles. The molecule has 0 saturated heterocycles. The molecule has 0 radical (unpaired) electrons. The molecule has 1 unspecified atom stereocenters. The summed E-state index contributed by atoms with van der Waals surface area (Å²) in [6.07, 6.45) is 3.76. The van der Waals surface area contributed by atoms with E-state index in [-0.39, 0.29) is 33.1 Å². The van der Waals surface area contributed by atoms with E-state index >= 15 is 0 Å². The van der Waals surface area contributed by atoms with Crippen LogP contribution in [0.15, 0.2) is 35.2 Å². The number of carbonyl (C=O) groups excluding carboxylic acids is 1. The Hall–Kier alpha value is -1.90. The van der Waals surface area contributed by atoms with E-state index in [4.69, 9.17) is 9.47 Å². The molecule has 0 aromatic carbocycles. The molecule has 198 valence electrons. The number of rotatable bonds is 5. The number of halogens is 2. The second-order valence-electron chi connectivity index (χ2n) is 12.1. The zero-order valence-electron chi connectivity index (χ0n) is 22.8. The molecular formula is C28H39BrFN3O3. The molecule has 1 aliphatic rings. The lowest BCUT2D eigenvalue weighted by Gasteiger charge is -2.59. The molecule has 2 heterocycles. The fraction of sp³-hybridized carbons (Fsp3) is 0.607. The SMILES string of the molecule is COC1[C@@H](C(C)(C)C)[C@@H](C(C)(C)C)[C@H](C)C[C@@]1(OC)c1ccncc1NC(=O)c1ccc(F)c(Br)n1. The smallest absolute Gasteiger partial charge is 0.274 e. The van der Waals surface area contributed by atoms with Gasteiger partial charge in [0.2, 0.25) is 0 Å². The van der Waals surface area contributed by atoms with Crippen molar-refractivity contribution >= 4 is 27.5 Å². The van der Waals surface area contributed by atoms with Crippen LogP contribution in [0.5, 0.6) is 0 Å². The molecule has 0 bridgehead atoms. The van der Waals surface area contributed by atoms with Crippen LogP contribution in [0.1, 0.15) is 70.9 Å². The van der Waals surface area contributed by atoms with Crippen molar-refractivity contribution in [3.8, 4) is 0 Å². The molecule has 1 aliphatic carbocycles. The zero-order valence-corrected chi connectivity index (χ0v) is 24.4. The second-order valence-corrected chi connectivity index (χ2v) is 12.8. The Morgan fingerprint density at radius 2 is 1.75 bits per heavy atom. The van der Waals surface area contributed by atoms with Crippen molar-refractivity contribution in [1.82, 2.24) is 9.97 Å². The van der Waals surface area contributed by atoms with Crippen LogP contribution in [-0.4, -0.2) is 36.2 Å². The quantitative estimate of drug-likeness (QED) is 0.402. The first kappa shape index (κ1) is 28.7. The highest BCUT2D eigenvalue weighted by atomic mass is 79.9. The topological polar surface area (TPSA) is 73.3 Å². The molecule has 36 heavy (non-hydrogen) atoms. The molecular weight excluding hydrogens is 525 g/mol. The highest BCUT2D eigenvalue weighted by Crippen LogP contribution is 2.59. The van der Waals surface area contributed by atoms with Gasteiger partial charge in [0.15, 0.2) is 5.82 Å². The molecule has 1 N–H and O–H groups in total. The Kier molecular flexibility index (Phi) is 8.33. The van der Waals surface area contributed by atoms with E-state index in [9.17, 15) is 9.18 Å². The van der Waals surface area contributed by atoms with Gasteiger partial charge in [0.25, 0.3) is 5.91 Å². The lowest BCUT2D eigenvalue weighted by Crippen LogP contribution is -2.60. The van der Waals surface area contributed by atoms with Crippen molar-refractivity contribution in [2.45, 2.75) is 66.6 Å². The number of carbonyl (C=O) groups is 1. The number of ether oxygens (including phenoxy) is 2. The van der Waals surface area contributed by atoms with Gasteiger partial charge >= 0.3 is 0 Å². The summed E-state index contributed by atoms with van der Waals surface area (Å²) >= 11 is 3.05. The molecule has 1 fully saturated rings. The first-order valence-electron chi connectivity index (χ1n) is 12.3. The number of amides is 1. The fourth-order valence-corrected chi connectivity index (χ4v) is 6.76. The van der Waals surface area contributed by atoms with Crippen LogP contribution in [-0.2, 0) is 15.1 Å². The number of nitrogens with one attached hydrogen (secondary N) is 1. The molecule has 1 amide bonds. The number of methoxy groups -OCH3 is 2. The lowest BCUT2D eigenvalue weighted by atomic mass is 9.50. The normalized spacial score (nSPS) is 27.1. The van der Waals surface area contributed by atoms with E-state index in [0.29, 0.717) is 23.9 Å². The van der Waals surface area contributed by atoms with Crippen LogP contribution in [0.3, 0.4) is 0 Å². The fourth-order valence-electron chi connectivity index (χ4n) is 6.44. The Bertz CT molecular complexity index is 1100. The van der Waals surface area contributed by atoms with Crippen LogP contribution in [0.25, 0.3) is 0 Å². The van der Waals surface area contributed by atoms with E-state index in [1.165, 1.54) is 12.1 Å². The van der Waals surface area contributed by atoms with E-state index in [2.05, 4.69) is 79.7 Å². The maximum atomic E-state index is 13.7. The highest BCUT2D eigenvalue weighted by Gasteiger charge is 2.59. The highest BCUT2D eigenvalue weighted by molar-refractivity contribution is 9.10. The molecule has 2 aromatic rings. The maximum absolute atomic E-state index is 13.7. The summed E-state index contributed by atoms with van der Waals surface area (Å²) in [5, 5.41) is 2.94. The minimum Gasteiger partial charge on any atom is -0.378 e. The third kappa shape index (κ3) is 5.36. The van der Waals surface area contributed by atoms with Gasteiger partial charge in [-0.3, -0.25) is 9.78 Å². The van der Waals surface area contributed by atoms with Crippen molar-refractivity contribution in [2.24, 2.45) is 28.6 Å².